The fourth-order valence-electron chi connectivity index (χ4n) is 6.38. The van der Waals surface area contributed by atoms with Gasteiger partial charge in [0.15, 0.2) is 11.3 Å². The molecule has 1 heterocycles. The summed E-state index contributed by atoms with van der Waals surface area (Å²) in [5.74, 6) is 0. The molecular formula is C42H26N4O. The van der Waals surface area contributed by atoms with Gasteiger partial charge in [0.2, 0.25) is 0 Å². The molecule has 0 bridgehead atoms. The van der Waals surface area contributed by atoms with Crippen molar-refractivity contribution < 1.29 is 4.42 Å². The average molecular weight is 603 g/mol. The van der Waals surface area contributed by atoms with E-state index in [2.05, 4.69) is 75.3 Å². The predicted molar refractivity (Wildman–Crippen MR) is 192 cm³/mol. The van der Waals surface area contributed by atoms with Gasteiger partial charge in [0.25, 0.3) is 0 Å². The molecule has 0 aliphatic rings. The van der Waals surface area contributed by atoms with Crippen molar-refractivity contribution in [1.82, 2.24) is 0 Å². The molecule has 7 aromatic carbocycles. The number of fused-ring (bicyclic) bond motifs is 4. The summed E-state index contributed by atoms with van der Waals surface area (Å²) >= 11 is 0. The van der Waals surface area contributed by atoms with Crippen molar-refractivity contribution in [3.8, 4) is 6.07 Å². The molecule has 0 fully saturated rings. The Hall–Kier alpha value is -6.82. The van der Waals surface area contributed by atoms with Gasteiger partial charge in [-0.1, -0.05) is 91.0 Å². The van der Waals surface area contributed by atoms with Crippen molar-refractivity contribution in [2.24, 2.45) is 0 Å². The smallest absolute Gasteiger partial charge is 0.187 e. The van der Waals surface area contributed by atoms with Crippen LogP contribution in [0, 0.1) is 17.9 Å². The SMILES string of the molecule is [C-]#[N+]c1ccc(N(c2ccccc2)c2c3ccccc3c(N(c3ccccc3)c3ccc(C#N)cc3)c3oc4ccccc4c23)cc1. The van der Waals surface area contributed by atoms with Crippen molar-refractivity contribution in [3.05, 3.63) is 175 Å². The zero-order valence-electron chi connectivity index (χ0n) is 25.2. The van der Waals surface area contributed by atoms with Crippen LogP contribution in [0.1, 0.15) is 5.56 Å². The highest BCUT2D eigenvalue weighted by Crippen LogP contribution is 2.53. The van der Waals surface area contributed by atoms with Crippen molar-refractivity contribution in [2.75, 3.05) is 9.80 Å². The number of para-hydroxylation sites is 3. The molecule has 1 aromatic heterocycles. The molecule has 8 aromatic rings. The molecular weight excluding hydrogens is 576 g/mol. The summed E-state index contributed by atoms with van der Waals surface area (Å²) in [6.07, 6.45) is 0. The van der Waals surface area contributed by atoms with Gasteiger partial charge in [-0.2, -0.15) is 5.26 Å². The van der Waals surface area contributed by atoms with Gasteiger partial charge in [-0.05, 0) is 66.7 Å². The van der Waals surface area contributed by atoms with Gasteiger partial charge in [-0.3, -0.25) is 0 Å². The monoisotopic (exact) mass is 602 g/mol. The Morgan fingerprint density at radius 3 is 1.55 bits per heavy atom. The van der Waals surface area contributed by atoms with E-state index >= 15 is 0 Å². The van der Waals surface area contributed by atoms with Crippen LogP contribution in [0.2, 0.25) is 0 Å². The van der Waals surface area contributed by atoms with Crippen molar-refractivity contribution in [1.29, 1.82) is 5.26 Å². The average Bonchev–Trinajstić information content (AvgIpc) is 3.53. The number of rotatable bonds is 6. The van der Waals surface area contributed by atoms with E-state index in [1.54, 1.807) is 0 Å². The second kappa shape index (κ2) is 11.6. The van der Waals surface area contributed by atoms with E-state index in [1.807, 2.05) is 103 Å². The molecule has 5 nitrogen and oxygen atoms in total. The lowest BCUT2D eigenvalue weighted by Crippen LogP contribution is -2.14. The molecule has 8 rings (SSSR count). The molecule has 0 saturated carbocycles. The molecule has 220 valence electrons. The van der Waals surface area contributed by atoms with Gasteiger partial charge >= 0.3 is 0 Å². The maximum absolute atomic E-state index is 9.57. The second-order valence-electron chi connectivity index (χ2n) is 11.2. The second-order valence-corrected chi connectivity index (χ2v) is 11.2. The summed E-state index contributed by atoms with van der Waals surface area (Å²) in [6, 6.07) is 54.8. The zero-order chi connectivity index (χ0) is 31.7. The van der Waals surface area contributed by atoms with E-state index in [0.29, 0.717) is 11.3 Å². The highest BCUT2D eigenvalue weighted by Gasteiger charge is 2.29. The topological polar surface area (TPSA) is 47.8 Å². The minimum Gasteiger partial charge on any atom is -0.454 e. The number of anilines is 6. The van der Waals surface area contributed by atoms with Gasteiger partial charge in [0.1, 0.15) is 5.58 Å². The standard InChI is InChI=1S/C42H26N4O/c1-44-30-22-26-34(27-23-30)45(31-12-4-2-5-13-31)40-35-16-8-9-17-36(35)41(42-39(40)37-18-10-11-19-38(37)47-42)46(32-14-6-3-7-15-32)33-24-20-29(28-43)21-25-33/h2-27H. The molecule has 0 unspecified atom stereocenters. The maximum Gasteiger partial charge on any atom is 0.187 e. The maximum atomic E-state index is 9.57. The highest BCUT2D eigenvalue weighted by molar-refractivity contribution is 6.28. The molecule has 47 heavy (non-hydrogen) atoms. The third-order valence-electron chi connectivity index (χ3n) is 8.45. The lowest BCUT2D eigenvalue weighted by Gasteiger charge is -2.31. The summed E-state index contributed by atoms with van der Waals surface area (Å²) in [7, 11) is 0. The summed E-state index contributed by atoms with van der Waals surface area (Å²) in [6.45, 7) is 7.54. The van der Waals surface area contributed by atoms with Gasteiger partial charge in [0, 0.05) is 38.9 Å². The third-order valence-corrected chi connectivity index (χ3v) is 8.45. The first kappa shape index (κ1) is 27.7. The van der Waals surface area contributed by atoms with Crippen molar-refractivity contribution in [2.45, 2.75) is 0 Å². The molecule has 0 atom stereocenters. The first-order chi connectivity index (χ1) is 23.2. The molecule has 0 aliphatic heterocycles. The first-order valence-corrected chi connectivity index (χ1v) is 15.3. The van der Waals surface area contributed by atoms with Crippen LogP contribution < -0.4 is 9.80 Å². The van der Waals surface area contributed by atoms with E-state index in [-0.39, 0.29) is 0 Å². The Morgan fingerprint density at radius 2 is 0.979 bits per heavy atom. The number of benzene rings is 7. The van der Waals surface area contributed by atoms with Gasteiger partial charge in [-0.25, -0.2) is 4.85 Å². The first-order valence-electron chi connectivity index (χ1n) is 15.3. The number of nitrogens with zero attached hydrogens (tertiary/aromatic N) is 4. The minimum absolute atomic E-state index is 0.585. The number of hydrogen-bond acceptors (Lipinski definition) is 4. The van der Waals surface area contributed by atoms with Crippen LogP contribution in [-0.2, 0) is 0 Å². The Balaban J connectivity index is 1.54. The van der Waals surface area contributed by atoms with Crippen LogP contribution in [0.15, 0.2) is 162 Å². The van der Waals surface area contributed by atoms with Crippen molar-refractivity contribution in [3.63, 3.8) is 0 Å². The van der Waals surface area contributed by atoms with Crippen LogP contribution in [0.5, 0.6) is 0 Å². The third kappa shape index (κ3) is 4.71. The van der Waals surface area contributed by atoms with Crippen molar-refractivity contribution >= 4 is 72.5 Å². The Morgan fingerprint density at radius 1 is 0.511 bits per heavy atom. The molecule has 0 saturated heterocycles. The quantitative estimate of drug-likeness (QED) is 0.140. The van der Waals surface area contributed by atoms with E-state index in [1.165, 1.54) is 0 Å². The van der Waals surface area contributed by atoms with Gasteiger partial charge < -0.3 is 14.2 Å². The van der Waals surface area contributed by atoms with Gasteiger partial charge in [0.05, 0.1) is 35.0 Å². The number of hydrogen-bond donors (Lipinski definition) is 0. The fraction of sp³-hybridized carbons (Fsp3) is 0. The van der Waals surface area contributed by atoms with Crippen LogP contribution in [0.3, 0.4) is 0 Å². The van der Waals surface area contributed by atoms with Crippen LogP contribution in [0.25, 0.3) is 37.6 Å². The number of furan rings is 1. The predicted octanol–water partition coefficient (Wildman–Crippen LogP) is 12.1. The summed E-state index contributed by atoms with van der Waals surface area (Å²) < 4.78 is 6.90. The Labute approximate surface area is 272 Å². The molecule has 0 N–H and O–H groups in total. The molecule has 0 radical (unpaired) electrons. The Bertz CT molecular complexity index is 2470. The van der Waals surface area contributed by atoms with E-state index < -0.39 is 0 Å². The number of nitriles is 1. The van der Waals surface area contributed by atoms with E-state index in [9.17, 15) is 5.26 Å². The molecule has 5 heteroatoms. The van der Waals surface area contributed by atoms with Crippen LogP contribution in [0.4, 0.5) is 39.8 Å². The molecule has 0 spiro atoms. The zero-order valence-corrected chi connectivity index (χ0v) is 25.2. The normalized spacial score (nSPS) is 10.9. The lowest BCUT2D eigenvalue weighted by molar-refractivity contribution is 0.669. The molecule has 0 amide bonds. The largest absolute Gasteiger partial charge is 0.454 e. The highest BCUT2D eigenvalue weighted by atomic mass is 16.3. The lowest BCUT2D eigenvalue weighted by atomic mass is 9.97. The summed E-state index contributed by atoms with van der Waals surface area (Å²) in [4.78, 5) is 8.12. The van der Waals surface area contributed by atoms with E-state index in [0.717, 1.165) is 66.8 Å². The summed E-state index contributed by atoms with van der Waals surface area (Å²) in [5, 5.41) is 13.6. The minimum atomic E-state index is 0.585. The van der Waals surface area contributed by atoms with Crippen LogP contribution in [-0.4, -0.2) is 0 Å². The summed E-state index contributed by atoms with van der Waals surface area (Å²) in [5.41, 5.74) is 8.38. The van der Waals surface area contributed by atoms with Crippen LogP contribution >= 0.6 is 0 Å². The Kier molecular flexibility index (Phi) is 6.84. The van der Waals surface area contributed by atoms with E-state index in [4.69, 9.17) is 11.0 Å². The van der Waals surface area contributed by atoms with Gasteiger partial charge in [-0.15, -0.1) is 0 Å². The fourth-order valence-corrected chi connectivity index (χ4v) is 6.38. The molecule has 0 aliphatic carbocycles.